The van der Waals surface area contributed by atoms with Crippen molar-refractivity contribution in [1.82, 2.24) is 5.32 Å². The lowest BCUT2D eigenvalue weighted by atomic mass is 9.79. The van der Waals surface area contributed by atoms with Crippen LogP contribution in [0.2, 0.25) is 0 Å². The fourth-order valence-corrected chi connectivity index (χ4v) is 3.95. The molecule has 1 saturated carbocycles. The molecule has 1 fully saturated rings. The van der Waals surface area contributed by atoms with E-state index in [0.29, 0.717) is 11.9 Å². The molecule has 0 spiro atoms. The summed E-state index contributed by atoms with van der Waals surface area (Å²) in [5.41, 5.74) is 0. The number of hydrogen-bond donors (Lipinski definition) is 1. The highest BCUT2D eigenvalue weighted by molar-refractivity contribution is 5.76. The minimum atomic E-state index is 0.292. The average molecular weight is 338 g/mol. The Kier molecular flexibility index (Phi) is 11.5. The summed E-state index contributed by atoms with van der Waals surface area (Å²) in [6, 6.07) is 0.452. The van der Waals surface area contributed by atoms with E-state index in [4.69, 9.17) is 0 Å². The van der Waals surface area contributed by atoms with Crippen molar-refractivity contribution in [3.63, 3.8) is 0 Å². The maximum atomic E-state index is 12.1. The van der Waals surface area contributed by atoms with Crippen molar-refractivity contribution < 1.29 is 4.79 Å². The summed E-state index contributed by atoms with van der Waals surface area (Å²) in [6.45, 7) is 9.27. The topological polar surface area (TPSA) is 29.1 Å². The van der Waals surface area contributed by atoms with Gasteiger partial charge in [0.15, 0.2) is 0 Å². The molecule has 0 aromatic heterocycles. The number of amides is 1. The minimum absolute atomic E-state index is 0.292. The molecule has 1 N–H and O–H groups in total. The van der Waals surface area contributed by atoms with Gasteiger partial charge in [0.2, 0.25) is 5.91 Å². The van der Waals surface area contributed by atoms with Crippen LogP contribution in [0.5, 0.6) is 0 Å². The molecule has 2 heteroatoms. The van der Waals surface area contributed by atoms with E-state index in [9.17, 15) is 4.79 Å². The van der Waals surface area contributed by atoms with Crippen LogP contribution in [-0.2, 0) is 4.79 Å². The molecule has 142 valence electrons. The van der Waals surface area contributed by atoms with E-state index in [0.717, 1.165) is 30.6 Å². The Balaban J connectivity index is 1.92. The van der Waals surface area contributed by atoms with Crippen molar-refractivity contribution in [2.45, 2.75) is 117 Å². The van der Waals surface area contributed by atoms with Crippen LogP contribution in [0.25, 0.3) is 0 Å². The quantitative estimate of drug-likeness (QED) is 0.405. The Bertz CT molecular complexity index is 316. The summed E-state index contributed by atoms with van der Waals surface area (Å²) in [4.78, 5) is 12.1. The van der Waals surface area contributed by atoms with E-state index in [1.165, 1.54) is 70.6 Å². The highest BCUT2D eigenvalue weighted by Gasteiger charge is 2.23. The summed E-state index contributed by atoms with van der Waals surface area (Å²) in [7, 11) is 0. The molecule has 1 amide bonds. The fourth-order valence-electron chi connectivity index (χ4n) is 3.95. The summed E-state index contributed by atoms with van der Waals surface area (Å²) >= 11 is 0. The van der Waals surface area contributed by atoms with Gasteiger partial charge in [0.05, 0.1) is 0 Å². The standard InChI is InChI=1S/C22H43NO/c1-18(2)12-10-8-6-5-7-9-11-13-22(24)23-21-16-14-20(15-17-21)19(3)4/h18-21H,5-17H2,1-4H3,(H,23,24). The van der Waals surface area contributed by atoms with E-state index in [1.54, 1.807) is 0 Å². The second-order valence-electron chi connectivity index (χ2n) is 8.83. The van der Waals surface area contributed by atoms with Gasteiger partial charge >= 0.3 is 0 Å². The van der Waals surface area contributed by atoms with Crippen LogP contribution >= 0.6 is 0 Å². The molecule has 1 aliphatic carbocycles. The van der Waals surface area contributed by atoms with Crippen LogP contribution in [-0.4, -0.2) is 11.9 Å². The lowest BCUT2D eigenvalue weighted by molar-refractivity contribution is -0.122. The zero-order valence-corrected chi connectivity index (χ0v) is 16.9. The zero-order valence-electron chi connectivity index (χ0n) is 16.9. The highest BCUT2D eigenvalue weighted by Crippen LogP contribution is 2.29. The van der Waals surface area contributed by atoms with Gasteiger partial charge in [-0.15, -0.1) is 0 Å². The molecule has 0 aliphatic heterocycles. The zero-order chi connectivity index (χ0) is 17.8. The van der Waals surface area contributed by atoms with Crippen molar-refractivity contribution >= 4 is 5.91 Å². The number of carbonyl (C=O) groups excluding carboxylic acids is 1. The van der Waals surface area contributed by atoms with Crippen LogP contribution in [0.15, 0.2) is 0 Å². The number of rotatable bonds is 12. The molecule has 0 aromatic carbocycles. The van der Waals surface area contributed by atoms with Crippen molar-refractivity contribution in [3.05, 3.63) is 0 Å². The first kappa shape index (κ1) is 21.5. The Morgan fingerprint density at radius 2 is 1.38 bits per heavy atom. The molecule has 1 aliphatic rings. The van der Waals surface area contributed by atoms with Crippen molar-refractivity contribution in [3.8, 4) is 0 Å². The smallest absolute Gasteiger partial charge is 0.220 e. The largest absolute Gasteiger partial charge is 0.353 e. The SMILES string of the molecule is CC(C)CCCCCCCCCC(=O)NC1CCC(C(C)C)CC1. The van der Waals surface area contributed by atoms with Crippen LogP contribution in [0.3, 0.4) is 0 Å². The number of carbonyl (C=O) groups is 1. The van der Waals surface area contributed by atoms with Gasteiger partial charge in [-0.05, 0) is 49.9 Å². The molecule has 0 atom stereocenters. The monoisotopic (exact) mass is 337 g/mol. The van der Waals surface area contributed by atoms with Crippen LogP contribution < -0.4 is 5.32 Å². The second-order valence-corrected chi connectivity index (χ2v) is 8.83. The van der Waals surface area contributed by atoms with Gasteiger partial charge < -0.3 is 5.32 Å². The van der Waals surface area contributed by atoms with Gasteiger partial charge in [0, 0.05) is 12.5 Å². The van der Waals surface area contributed by atoms with E-state index < -0.39 is 0 Å². The Labute approximate surface area is 151 Å². The van der Waals surface area contributed by atoms with Crippen molar-refractivity contribution in [1.29, 1.82) is 0 Å². The van der Waals surface area contributed by atoms with Crippen LogP contribution in [0.4, 0.5) is 0 Å². The molecular formula is C22H43NO. The number of nitrogens with one attached hydrogen (secondary N) is 1. The molecule has 0 unspecified atom stereocenters. The third kappa shape index (κ3) is 10.4. The first-order valence-corrected chi connectivity index (χ1v) is 10.8. The van der Waals surface area contributed by atoms with Crippen LogP contribution in [0.1, 0.15) is 111 Å². The van der Waals surface area contributed by atoms with Gasteiger partial charge in [-0.3, -0.25) is 4.79 Å². The first-order valence-electron chi connectivity index (χ1n) is 10.8. The third-order valence-corrected chi connectivity index (χ3v) is 5.77. The molecule has 0 radical (unpaired) electrons. The fraction of sp³-hybridized carbons (Fsp3) is 0.955. The molecule has 0 bridgehead atoms. The molecule has 24 heavy (non-hydrogen) atoms. The predicted molar refractivity (Wildman–Crippen MR) is 105 cm³/mol. The maximum Gasteiger partial charge on any atom is 0.220 e. The van der Waals surface area contributed by atoms with E-state index in [2.05, 4.69) is 33.0 Å². The summed E-state index contributed by atoms with van der Waals surface area (Å²) in [6.07, 6.45) is 16.1. The summed E-state index contributed by atoms with van der Waals surface area (Å²) in [5, 5.41) is 3.27. The highest BCUT2D eigenvalue weighted by atomic mass is 16.1. The summed E-state index contributed by atoms with van der Waals surface area (Å²) < 4.78 is 0. The average Bonchev–Trinajstić information content (AvgIpc) is 2.53. The first-order chi connectivity index (χ1) is 11.5. The van der Waals surface area contributed by atoms with Crippen LogP contribution in [0, 0.1) is 17.8 Å². The van der Waals surface area contributed by atoms with Gasteiger partial charge in [-0.2, -0.15) is 0 Å². The van der Waals surface area contributed by atoms with Gasteiger partial charge in [0.1, 0.15) is 0 Å². The second kappa shape index (κ2) is 12.8. The van der Waals surface area contributed by atoms with Gasteiger partial charge in [-0.25, -0.2) is 0 Å². The normalized spacial score (nSPS) is 21.4. The molecule has 0 aromatic rings. The summed E-state index contributed by atoms with van der Waals surface area (Å²) in [5.74, 6) is 2.81. The number of unbranched alkanes of at least 4 members (excludes halogenated alkanes) is 6. The van der Waals surface area contributed by atoms with Crippen molar-refractivity contribution in [2.75, 3.05) is 0 Å². The predicted octanol–water partition coefficient (Wildman–Crippen LogP) is 6.48. The lowest BCUT2D eigenvalue weighted by Gasteiger charge is -2.31. The number of hydrogen-bond acceptors (Lipinski definition) is 1. The Hall–Kier alpha value is -0.530. The molecular weight excluding hydrogens is 294 g/mol. The van der Waals surface area contributed by atoms with E-state index >= 15 is 0 Å². The minimum Gasteiger partial charge on any atom is -0.353 e. The molecule has 2 nitrogen and oxygen atoms in total. The Morgan fingerprint density at radius 3 is 1.92 bits per heavy atom. The maximum absolute atomic E-state index is 12.1. The third-order valence-electron chi connectivity index (χ3n) is 5.77. The van der Waals surface area contributed by atoms with Gasteiger partial charge in [-0.1, -0.05) is 72.6 Å². The molecule has 0 heterocycles. The van der Waals surface area contributed by atoms with E-state index in [-0.39, 0.29) is 0 Å². The molecule has 1 rings (SSSR count). The van der Waals surface area contributed by atoms with E-state index in [1.807, 2.05) is 0 Å². The van der Waals surface area contributed by atoms with Crippen molar-refractivity contribution in [2.24, 2.45) is 17.8 Å². The lowest BCUT2D eigenvalue weighted by Crippen LogP contribution is -2.38. The molecule has 0 saturated heterocycles. The van der Waals surface area contributed by atoms with Gasteiger partial charge in [0.25, 0.3) is 0 Å². The Morgan fingerprint density at radius 1 is 0.833 bits per heavy atom.